The maximum atomic E-state index is 13.7. The summed E-state index contributed by atoms with van der Waals surface area (Å²) in [6.45, 7) is 3.58. The molecule has 0 aliphatic carbocycles. The lowest BCUT2D eigenvalue weighted by molar-refractivity contribution is -0.139. The molecule has 31 heavy (non-hydrogen) atoms. The quantitative estimate of drug-likeness (QED) is 0.725. The van der Waals surface area contributed by atoms with E-state index in [2.05, 4.69) is 10.4 Å². The minimum absolute atomic E-state index is 0.222. The molecule has 2 heterocycles. The highest BCUT2D eigenvalue weighted by atomic mass is 32.2. The number of amidine groups is 1. The largest absolute Gasteiger partial charge is 0.494 e. The summed E-state index contributed by atoms with van der Waals surface area (Å²) in [5.74, 6) is -0.196. The van der Waals surface area contributed by atoms with Crippen LogP contribution < -0.4 is 15.0 Å². The van der Waals surface area contributed by atoms with Crippen LogP contribution in [-0.2, 0) is 19.3 Å². The zero-order valence-corrected chi connectivity index (χ0v) is 18.0. The predicted octanol–water partition coefficient (Wildman–Crippen LogP) is 2.66. The molecular weight excluding hydrogens is 416 g/mol. The minimum Gasteiger partial charge on any atom is -0.494 e. The van der Waals surface area contributed by atoms with Crippen LogP contribution in [0.2, 0.25) is 0 Å². The van der Waals surface area contributed by atoms with Gasteiger partial charge in [-0.25, -0.2) is 0 Å². The highest BCUT2D eigenvalue weighted by molar-refractivity contribution is 8.15. The van der Waals surface area contributed by atoms with Crippen molar-refractivity contribution >= 4 is 40.3 Å². The van der Waals surface area contributed by atoms with Crippen molar-refractivity contribution in [3.8, 4) is 5.75 Å². The molecule has 4 rings (SSSR count). The third kappa shape index (κ3) is 3.76. The van der Waals surface area contributed by atoms with E-state index in [0.29, 0.717) is 25.1 Å². The number of ether oxygens (including phenoxy) is 1. The molecule has 1 N–H and O–H groups in total. The second-order valence-corrected chi connectivity index (χ2v) is 8.33. The Hall–Kier alpha value is -3.33. The lowest BCUT2D eigenvalue weighted by Gasteiger charge is -2.29. The Labute approximate surface area is 184 Å². The number of nitrogens with zero attached hydrogens (tertiary/aromatic N) is 3. The Morgan fingerprint density at radius 2 is 1.81 bits per heavy atom. The number of para-hydroxylation sites is 2. The normalized spacial score (nSPS) is 19.4. The van der Waals surface area contributed by atoms with Crippen LogP contribution in [0, 0.1) is 0 Å². The average Bonchev–Trinajstić information content (AvgIpc) is 3.24. The fourth-order valence-electron chi connectivity index (χ4n) is 3.72. The molecule has 1 spiro atoms. The van der Waals surface area contributed by atoms with Gasteiger partial charge in [0.25, 0.3) is 5.91 Å². The van der Waals surface area contributed by atoms with E-state index >= 15 is 0 Å². The summed E-state index contributed by atoms with van der Waals surface area (Å²) >= 11 is 1.08. The van der Waals surface area contributed by atoms with Crippen LogP contribution in [0.3, 0.4) is 0 Å². The Kier molecular flexibility index (Phi) is 5.69. The number of amides is 3. The summed E-state index contributed by atoms with van der Waals surface area (Å²) in [6.07, 6.45) is 0.606. The van der Waals surface area contributed by atoms with Gasteiger partial charge in [-0.15, -0.1) is 5.10 Å². The van der Waals surface area contributed by atoms with Crippen LogP contribution in [0.4, 0.5) is 5.69 Å². The van der Waals surface area contributed by atoms with Crippen molar-refractivity contribution in [1.29, 1.82) is 0 Å². The first kappa shape index (κ1) is 20.9. The number of anilines is 1. The Bertz CT molecular complexity index is 1060. The number of nitrogens with one attached hydrogen (secondary N) is 1. The van der Waals surface area contributed by atoms with Crippen molar-refractivity contribution in [2.45, 2.75) is 25.1 Å². The molecule has 2 aromatic carbocycles. The smallest absolute Gasteiger partial charge is 0.270 e. The van der Waals surface area contributed by atoms with Crippen LogP contribution in [0.1, 0.15) is 25.8 Å². The van der Waals surface area contributed by atoms with Crippen LogP contribution in [-0.4, -0.2) is 41.0 Å². The molecule has 0 saturated heterocycles. The van der Waals surface area contributed by atoms with Gasteiger partial charge in [0.2, 0.25) is 16.7 Å². The summed E-state index contributed by atoms with van der Waals surface area (Å²) in [6, 6.07) is 16.8. The number of carbonyl (C=O) groups excluding carboxylic acids is 3. The number of hydrogen-bond donors (Lipinski definition) is 1. The van der Waals surface area contributed by atoms with Crippen molar-refractivity contribution in [2.75, 3.05) is 18.1 Å². The Balaban J connectivity index is 1.57. The maximum absolute atomic E-state index is 13.7. The average molecular weight is 439 g/mol. The summed E-state index contributed by atoms with van der Waals surface area (Å²) in [7, 11) is 0. The van der Waals surface area contributed by atoms with Crippen LogP contribution in [0.5, 0.6) is 5.75 Å². The van der Waals surface area contributed by atoms with E-state index in [0.717, 1.165) is 23.2 Å². The van der Waals surface area contributed by atoms with Gasteiger partial charge in [0.15, 0.2) is 5.17 Å². The molecular formula is C22H22N4O4S. The molecule has 2 aliphatic rings. The van der Waals surface area contributed by atoms with Crippen LogP contribution in [0.15, 0.2) is 59.7 Å². The van der Waals surface area contributed by atoms with Crippen molar-refractivity contribution in [1.82, 2.24) is 10.3 Å². The molecule has 0 radical (unpaired) electrons. The molecule has 0 unspecified atom stereocenters. The fraction of sp³-hybridized carbons (Fsp3) is 0.273. The second-order valence-electron chi connectivity index (χ2n) is 7.15. The number of hydrogen-bond acceptors (Lipinski definition) is 6. The molecule has 8 nitrogen and oxygen atoms in total. The van der Waals surface area contributed by atoms with E-state index in [1.54, 1.807) is 4.90 Å². The Morgan fingerprint density at radius 3 is 2.52 bits per heavy atom. The van der Waals surface area contributed by atoms with Gasteiger partial charge in [-0.3, -0.25) is 14.4 Å². The molecule has 0 aromatic heterocycles. The van der Waals surface area contributed by atoms with Crippen molar-refractivity contribution in [3.05, 3.63) is 60.2 Å². The van der Waals surface area contributed by atoms with Crippen LogP contribution in [0.25, 0.3) is 0 Å². The van der Waals surface area contributed by atoms with Gasteiger partial charge in [-0.2, -0.15) is 5.01 Å². The molecule has 9 heteroatoms. The first-order valence-electron chi connectivity index (χ1n) is 9.89. The van der Waals surface area contributed by atoms with Gasteiger partial charge >= 0.3 is 0 Å². The fourth-order valence-corrected chi connectivity index (χ4v) is 5.05. The van der Waals surface area contributed by atoms with E-state index in [9.17, 15) is 14.4 Å². The number of fused-ring (bicyclic) bond motifs is 2. The third-order valence-corrected chi connectivity index (χ3v) is 6.19. The van der Waals surface area contributed by atoms with E-state index < -0.39 is 4.87 Å². The van der Waals surface area contributed by atoms with E-state index in [-0.39, 0.29) is 22.9 Å². The molecule has 1 atom stereocenters. The highest BCUT2D eigenvalue weighted by Crippen LogP contribution is 2.54. The zero-order chi connectivity index (χ0) is 22.0. The monoisotopic (exact) mass is 438 g/mol. The predicted molar refractivity (Wildman–Crippen MR) is 118 cm³/mol. The van der Waals surface area contributed by atoms with Crippen molar-refractivity contribution in [3.63, 3.8) is 0 Å². The number of thioether (sulfide) groups is 1. The number of carbonyl (C=O) groups is 3. The number of rotatable bonds is 5. The maximum Gasteiger partial charge on any atom is 0.270 e. The van der Waals surface area contributed by atoms with Crippen LogP contribution >= 0.6 is 11.8 Å². The lowest BCUT2D eigenvalue weighted by atomic mass is 10.1. The zero-order valence-electron chi connectivity index (χ0n) is 17.2. The van der Waals surface area contributed by atoms with Crippen molar-refractivity contribution in [2.24, 2.45) is 5.10 Å². The molecule has 0 saturated carbocycles. The summed E-state index contributed by atoms with van der Waals surface area (Å²) < 4.78 is 5.75. The van der Waals surface area contributed by atoms with Gasteiger partial charge in [0, 0.05) is 26.0 Å². The highest BCUT2D eigenvalue weighted by Gasteiger charge is 2.60. The van der Waals surface area contributed by atoms with E-state index in [1.165, 1.54) is 18.9 Å². The van der Waals surface area contributed by atoms with Gasteiger partial charge in [-0.05, 0) is 36.4 Å². The van der Waals surface area contributed by atoms with Gasteiger partial charge < -0.3 is 15.0 Å². The molecule has 160 valence electrons. The molecule has 0 bridgehead atoms. The molecule has 2 aliphatic heterocycles. The number of hydrazone groups is 1. The summed E-state index contributed by atoms with van der Waals surface area (Å²) in [5.41, 5.74) is 1.40. The first-order chi connectivity index (χ1) is 14.9. The minimum atomic E-state index is -1.36. The van der Waals surface area contributed by atoms with E-state index in [1.807, 2.05) is 54.6 Å². The lowest BCUT2D eigenvalue weighted by Crippen LogP contribution is -2.48. The van der Waals surface area contributed by atoms with E-state index in [4.69, 9.17) is 4.74 Å². The molecule has 3 amide bonds. The summed E-state index contributed by atoms with van der Waals surface area (Å²) in [4.78, 5) is 38.0. The Morgan fingerprint density at radius 1 is 1.10 bits per heavy atom. The second kappa shape index (κ2) is 8.43. The standard InChI is InChI=1S/C22H22N4O4S/c1-15(27)23-21-24-26(16(2)28)22(31-21)18-11-6-7-12-19(18)25(20(22)29)13-8-14-30-17-9-4-3-5-10-17/h3-7,9-12H,8,13-14H2,1-2H3,(H,23,24,27)/t22-/m0/s1. The molecule has 2 aromatic rings. The summed E-state index contributed by atoms with van der Waals surface area (Å²) in [5, 5.41) is 8.24. The first-order valence-corrected chi connectivity index (χ1v) is 10.7. The van der Waals surface area contributed by atoms with Gasteiger partial charge in [0.05, 0.1) is 12.3 Å². The van der Waals surface area contributed by atoms with Crippen molar-refractivity contribution < 1.29 is 19.1 Å². The SMILES string of the molecule is CC(=O)NC1=NN(C(C)=O)[C@@]2(S1)C(=O)N(CCCOc1ccccc1)c1ccccc12. The van der Waals surface area contributed by atoms with Gasteiger partial charge in [0.1, 0.15) is 5.75 Å². The molecule has 0 fully saturated rings. The van der Waals surface area contributed by atoms with Gasteiger partial charge in [-0.1, -0.05) is 36.4 Å². The topological polar surface area (TPSA) is 91.3 Å². The number of benzene rings is 2. The third-order valence-electron chi connectivity index (χ3n) is 4.95.